The molecule has 0 aliphatic heterocycles. The van der Waals surface area contributed by atoms with Crippen LogP contribution < -0.4 is 10.5 Å². The maximum absolute atomic E-state index is 11.0. The third-order valence-electron chi connectivity index (χ3n) is 2.58. The Kier molecular flexibility index (Phi) is 4.89. The predicted molar refractivity (Wildman–Crippen MR) is 71.3 cm³/mol. The van der Waals surface area contributed by atoms with Crippen molar-refractivity contribution in [2.75, 3.05) is 6.61 Å². The molecule has 0 aliphatic carbocycles. The van der Waals surface area contributed by atoms with Crippen molar-refractivity contribution < 1.29 is 9.66 Å². The molecule has 0 radical (unpaired) electrons. The van der Waals surface area contributed by atoms with Crippen LogP contribution in [0, 0.1) is 21.4 Å². The van der Waals surface area contributed by atoms with E-state index in [4.69, 9.17) is 15.7 Å². The molecule has 0 saturated heterocycles. The highest BCUT2D eigenvalue weighted by Crippen LogP contribution is 2.34. The van der Waals surface area contributed by atoms with Crippen molar-refractivity contribution in [1.29, 1.82) is 5.26 Å². The van der Waals surface area contributed by atoms with Gasteiger partial charge in [0.05, 0.1) is 28.9 Å². The molecule has 0 heterocycles. The number of nitriles is 1. The zero-order chi connectivity index (χ0) is 14.4. The molecule has 1 aromatic rings. The van der Waals surface area contributed by atoms with E-state index in [9.17, 15) is 10.1 Å². The molecule has 6 heteroatoms. The Balaban J connectivity index is 3.52. The normalized spacial score (nSPS) is 11.4. The molecule has 0 saturated carbocycles. The number of benzene rings is 1. The highest BCUT2D eigenvalue weighted by Gasteiger charge is 2.21. The van der Waals surface area contributed by atoms with Crippen molar-refractivity contribution in [1.82, 2.24) is 0 Å². The van der Waals surface area contributed by atoms with Crippen LogP contribution in [0.2, 0.25) is 0 Å². The quantitative estimate of drug-likeness (QED) is 0.498. The van der Waals surface area contributed by atoms with Gasteiger partial charge in [0, 0.05) is 11.6 Å². The molecule has 0 amide bonds. The minimum atomic E-state index is -0.528. The Morgan fingerprint density at radius 3 is 2.68 bits per heavy atom. The molecular weight excluding hydrogens is 246 g/mol. The molecule has 1 aromatic carbocycles. The fraction of sp³-hybridized carbons (Fsp3) is 0.308. The number of nitrogens with two attached hydrogens (primary N) is 1. The van der Waals surface area contributed by atoms with Crippen molar-refractivity contribution in [3.8, 4) is 11.8 Å². The number of allylic oxidation sites excluding steroid dienone is 1. The first-order valence-electron chi connectivity index (χ1n) is 5.86. The second-order valence-corrected chi connectivity index (χ2v) is 3.70. The van der Waals surface area contributed by atoms with E-state index in [-0.39, 0.29) is 23.7 Å². The molecule has 19 heavy (non-hydrogen) atoms. The Hall–Kier alpha value is -2.55. The first-order valence-corrected chi connectivity index (χ1v) is 5.86. The number of para-hydroxylation sites is 1. The van der Waals surface area contributed by atoms with Crippen LogP contribution in [0.5, 0.6) is 5.75 Å². The van der Waals surface area contributed by atoms with Gasteiger partial charge in [-0.15, -0.1) is 0 Å². The van der Waals surface area contributed by atoms with E-state index in [1.165, 1.54) is 12.1 Å². The van der Waals surface area contributed by atoms with Crippen LogP contribution in [0.4, 0.5) is 5.69 Å². The fourth-order valence-corrected chi connectivity index (χ4v) is 1.67. The third-order valence-corrected chi connectivity index (χ3v) is 2.58. The standard InChI is InChI=1S/C13H15N3O3/c1-3-9(8-14)12(15)10-6-5-7-11(16(17)18)13(10)19-4-2/h5-7H,3-4,15H2,1-2H3/b12-9+. The number of nitrogens with zero attached hydrogens (tertiary/aromatic N) is 2. The molecule has 0 atom stereocenters. The van der Waals surface area contributed by atoms with Gasteiger partial charge in [0.2, 0.25) is 5.75 Å². The average molecular weight is 261 g/mol. The lowest BCUT2D eigenvalue weighted by Crippen LogP contribution is -2.06. The van der Waals surface area contributed by atoms with Crippen LogP contribution in [0.1, 0.15) is 25.8 Å². The van der Waals surface area contributed by atoms with Crippen LogP contribution in [0.3, 0.4) is 0 Å². The predicted octanol–water partition coefficient (Wildman–Crippen LogP) is 2.60. The molecular formula is C13H15N3O3. The first kappa shape index (κ1) is 14.5. The maximum Gasteiger partial charge on any atom is 0.311 e. The van der Waals surface area contributed by atoms with Gasteiger partial charge in [-0.1, -0.05) is 13.0 Å². The Bertz CT molecular complexity index is 559. The van der Waals surface area contributed by atoms with Gasteiger partial charge in [0.25, 0.3) is 0 Å². The highest BCUT2D eigenvalue weighted by molar-refractivity contribution is 5.76. The van der Waals surface area contributed by atoms with Gasteiger partial charge in [0.1, 0.15) is 0 Å². The van der Waals surface area contributed by atoms with E-state index >= 15 is 0 Å². The fourth-order valence-electron chi connectivity index (χ4n) is 1.67. The lowest BCUT2D eigenvalue weighted by Gasteiger charge is -2.11. The van der Waals surface area contributed by atoms with E-state index in [1.807, 2.05) is 6.07 Å². The summed E-state index contributed by atoms with van der Waals surface area (Å²) in [7, 11) is 0. The molecule has 6 nitrogen and oxygen atoms in total. The smallest absolute Gasteiger partial charge is 0.311 e. The summed E-state index contributed by atoms with van der Waals surface area (Å²) in [6.07, 6.45) is 0.455. The summed E-state index contributed by atoms with van der Waals surface area (Å²) in [5, 5.41) is 20.0. The number of nitro groups is 1. The molecule has 100 valence electrons. The number of nitro benzene ring substituents is 1. The Morgan fingerprint density at radius 1 is 1.53 bits per heavy atom. The molecule has 0 aliphatic rings. The van der Waals surface area contributed by atoms with Gasteiger partial charge in [-0.2, -0.15) is 5.26 Å². The van der Waals surface area contributed by atoms with Gasteiger partial charge in [-0.3, -0.25) is 10.1 Å². The summed E-state index contributed by atoms with van der Waals surface area (Å²) in [6.45, 7) is 3.80. The topological polar surface area (TPSA) is 102 Å². The SMILES string of the molecule is CCOc1c(/C(N)=C(\C#N)CC)cccc1[N+](=O)[O-]. The zero-order valence-electron chi connectivity index (χ0n) is 10.8. The summed E-state index contributed by atoms with van der Waals surface area (Å²) < 4.78 is 5.32. The summed E-state index contributed by atoms with van der Waals surface area (Å²) in [6, 6.07) is 6.48. The van der Waals surface area contributed by atoms with Crippen LogP contribution in [-0.4, -0.2) is 11.5 Å². The molecule has 0 aromatic heterocycles. The lowest BCUT2D eigenvalue weighted by molar-refractivity contribution is -0.385. The van der Waals surface area contributed by atoms with Crippen molar-refractivity contribution in [2.24, 2.45) is 5.73 Å². The summed E-state index contributed by atoms with van der Waals surface area (Å²) in [5.74, 6) is 0.105. The minimum absolute atomic E-state index is 0.105. The van der Waals surface area contributed by atoms with Crippen molar-refractivity contribution in [3.63, 3.8) is 0 Å². The van der Waals surface area contributed by atoms with Gasteiger partial charge in [-0.05, 0) is 19.4 Å². The zero-order valence-corrected chi connectivity index (χ0v) is 10.8. The Labute approximate surface area is 111 Å². The van der Waals surface area contributed by atoms with Gasteiger partial charge >= 0.3 is 5.69 Å². The molecule has 0 fully saturated rings. The molecule has 2 N–H and O–H groups in total. The van der Waals surface area contributed by atoms with E-state index in [1.54, 1.807) is 19.9 Å². The second-order valence-electron chi connectivity index (χ2n) is 3.70. The third kappa shape index (κ3) is 3.01. The van der Waals surface area contributed by atoms with E-state index in [2.05, 4.69) is 0 Å². The monoisotopic (exact) mass is 261 g/mol. The molecule has 0 spiro atoms. The number of hydrogen-bond acceptors (Lipinski definition) is 5. The molecule has 0 unspecified atom stereocenters. The maximum atomic E-state index is 11.0. The van der Waals surface area contributed by atoms with Gasteiger partial charge in [-0.25, -0.2) is 0 Å². The van der Waals surface area contributed by atoms with Crippen molar-refractivity contribution in [2.45, 2.75) is 20.3 Å². The number of ether oxygens (including phenoxy) is 1. The minimum Gasteiger partial charge on any atom is -0.487 e. The lowest BCUT2D eigenvalue weighted by atomic mass is 10.0. The summed E-state index contributed by atoms with van der Waals surface area (Å²) in [4.78, 5) is 10.5. The second kappa shape index (κ2) is 6.40. The van der Waals surface area contributed by atoms with Crippen molar-refractivity contribution in [3.05, 3.63) is 39.4 Å². The van der Waals surface area contributed by atoms with E-state index in [0.29, 0.717) is 17.6 Å². The average Bonchev–Trinajstić information content (AvgIpc) is 2.40. The molecule has 0 bridgehead atoms. The Morgan fingerprint density at radius 2 is 2.21 bits per heavy atom. The van der Waals surface area contributed by atoms with Crippen LogP contribution in [0.15, 0.2) is 23.8 Å². The number of rotatable bonds is 5. The van der Waals surface area contributed by atoms with E-state index in [0.717, 1.165) is 0 Å². The molecule has 1 rings (SSSR count). The summed E-state index contributed by atoms with van der Waals surface area (Å²) in [5.41, 5.74) is 6.74. The largest absolute Gasteiger partial charge is 0.487 e. The first-order chi connectivity index (χ1) is 9.06. The summed E-state index contributed by atoms with van der Waals surface area (Å²) >= 11 is 0. The highest BCUT2D eigenvalue weighted by atomic mass is 16.6. The van der Waals surface area contributed by atoms with Gasteiger partial charge < -0.3 is 10.5 Å². The van der Waals surface area contributed by atoms with E-state index < -0.39 is 4.92 Å². The van der Waals surface area contributed by atoms with Gasteiger partial charge in [0.15, 0.2) is 0 Å². The van der Waals surface area contributed by atoms with Crippen LogP contribution >= 0.6 is 0 Å². The number of hydrogen-bond donors (Lipinski definition) is 1. The van der Waals surface area contributed by atoms with Crippen molar-refractivity contribution >= 4 is 11.4 Å². The van der Waals surface area contributed by atoms with Crippen LogP contribution in [0.25, 0.3) is 5.70 Å². The van der Waals surface area contributed by atoms with Crippen LogP contribution in [-0.2, 0) is 0 Å².